The molecule has 7 nitrogen and oxygen atoms in total. The summed E-state index contributed by atoms with van der Waals surface area (Å²) in [6.07, 6.45) is 0. The molecule has 142 valence electrons. The lowest BCUT2D eigenvalue weighted by Crippen LogP contribution is -2.37. The SMILES string of the molecule is CCOC(=O)C(C(=O)O)C(=O)Nc1ccc(OCc2cccc(F)c2)cc1. The second-order valence-electron chi connectivity index (χ2n) is 5.46. The lowest BCUT2D eigenvalue weighted by molar-refractivity contribution is -0.160. The minimum atomic E-state index is -1.95. The van der Waals surface area contributed by atoms with Crippen LogP contribution >= 0.6 is 0 Å². The quantitative estimate of drug-likeness (QED) is 0.543. The zero-order valence-corrected chi connectivity index (χ0v) is 14.5. The summed E-state index contributed by atoms with van der Waals surface area (Å²) < 4.78 is 23.2. The van der Waals surface area contributed by atoms with Crippen LogP contribution in [-0.4, -0.2) is 29.6 Å². The number of hydrogen-bond acceptors (Lipinski definition) is 5. The molecule has 1 atom stereocenters. The van der Waals surface area contributed by atoms with Crippen molar-refractivity contribution in [3.63, 3.8) is 0 Å². The molecule has 27 heavy (non-hydrogen) atoms. The summed E-state index contributed by atoms with van der Waals surface area (Å²) >= 11 is 0. The molecule has 0 saturated heterocycles. The van der Waals surface area contributed by atoms with E-state index in [1.54, 1.807) is 24.3 Å². The molecule has 2 N–H and O–H groups in total. The van der Waals surface area contributed by atoms with E-state index >= 15 is 0 Å². The van der Waals surface area contributed by atoms with Crippen molar-refractivity contribution >= 4 is 23.5 Å². The molecule has 2 aromatic rings. The third-order valence-electron chi connectivity index (χ3n) is 3.45. The summed E-state index contributed by atoms with van der Waals surface area (Å²) in [4.78, 5) is 34.8. The monoisotopic (exact) mass is 375 g/mol. The van der Waals surface area contributed by atoms with Crippen LogP contribution in [0.5, 0.6) is 5.75 Å². The van der Waals surface area contributed by atoms with Crippen molar-refractivity contribution < 1.29 is 33.4 Å². The third kappa shape index (κ3) is 5.81. The van der Waals surface area contributed by atoms with E-state index in [1.165, 1.54) is 31.2 Å². The second-order valence-corrected chi connectivity index (χ2v) is 5.46. The van der Waals surface area contributed by atoms with Crippen molar-refractivity contribution in [2.45, 2.75) is 13.5 Å². The summed E-state index contributed by atoms with van der Waals surface area (Å²) in [5.41, 5.74) is 0.944. The fourth-order valence-corrected chi connectivity index (χ4v) is 2.19. The number of anilines is 1. The molecular weight excluding hydrogens is 357 g/mol. The van der Waals surface area contributed by atoms with Gasteiger partial charge < -0.3 is 19.9 Å². The summed E-state index contributed by atoms with van der Waals surface area (Å²) in [5.74, 6) is -5.57. The molecule has 0 aliphatic rings. The first-order valence-electron chi connectivity index (χ1n) is 8.08. The Bertz CT molecular complexity index is 821. The van der Waals surface area contributed by atoms with Gasteiger partial charge in [-0.25, -0.2) is 4.39 Å². The van der Waals surface area contributed by atoms with Crippen LogP contribution in [0.3, 0.4) is 0 Å². The molecule has 2 rings (SSSR count). The highest BCUT2D eigenvalue weighted by Crippen LogP contribution is 2.18. The largest absolute Gasteiger partial charge is 0.489 e. The maximum atomic E-state index is 13.1. The first-order valence-corrected chi connectivity index (χ1v) is 8.08. The molecule has 1 amide bonds. The highest BCUT2D eigenvalue weighted by molar-refractivity contribution is 6.17. The molecule has 0 aliphatic heterocycles. The van der Waals surface area contributed by atoms with E-state index in [0.717, 1.165) is 0 Å². The van der Waals surface area contributed by atoms with Gasteiger partial charge in [0.05, 0.1) is 6.61 Å². The van der Waals surface area contributed by atoms with Gasteiger partial charge in [-0.15, -0.1) is 0 Å². The van der Waals surface area contributed by atoms with E-state index in [2.05, 4.69) is 10.1 Å². The van der Waals surface area contributed by atoms with Crippen LogP contribution in [0, 0.1) is 11.7 Å². The molecule has 0 bridgehead atoms. The number of halogens is 1. The van der Waals surface area contributed by atoms with Crippen LogP contribution in [0.2, 0.25) is 0 Å². The number of ether oxygens (including phenoxy) is 2. The molecule has 0 spiro atoms. The standard InChI is InChI=1S/C19H18FNO6/c1-2-26-19(25)16(18(23)24)17(22)21-14-6-8-15(9-7-14)27-11-12-4-3-5-13(20)10-12/h3-10,16H,2,11H2,1H3,(H,21,22)(H,23,24). The van der Waals surface area contributed by atoms with E-state index in [-0.39, 0.29) is 24.7 Å². The van der Waals surface area contributed by atoms with Gasteiger partial charge in [0.15, 0.2) is 0 Å². The van der Waals surface area contributed by atoms with Gasteiger partial charge >= 0.3 is 11.9 Å². The topological polar surface area (TPSA) is 102 Å². The predicted octanol–water partition coefficient (Wildman–Crippen LogP) is 2.61. The molecule has 8 heteroatoms. The number of hydrogen-bond donors (Lipinski definition) is 2. The number of benzene rings is 2. The van der Waals surface area contributed by atoms with Crippen LogP contribution in [0.1, 0.15) is 12.5 Å². The maximum Gasteiger partial charge on any atom is 0.330 e. The van der Waals surface area contributed by atoms with Crippen LogP contribution in [0.4, 0.5) is 10.1 Å². The number of carboxylic acid groups (broad SMARTS) is 1. The lowest BCUT2D eigenvalue weighted by atomic mass is 10.1. The molecule has 0 aliphatic carbocycles. The highest BCUT2D eigenvalue weighted by Gasteiger charge is 2.35. The normalized spacial score (nSPS) is 11.3. The van der Waals surface area contributed by atoms with Crippen molar-refractivity contribution in [3.8, 4) is 5.75 Å². The minimum absolute atomic E-state index is 0.0345. The number of carbonyl (C=O) groups excluding carboxylic acids is 2. The van der Waals surface area contributed by atoms with Crippen molar-refractivity contribution in [2.75, 3.05) is 11.9 Å². The Kier molecular flexibility index (Phi) is 6.87. The number of amides is 1. The Labute approximate surface area is 154 Å². The molecule has 1 unspecified atom stereocenters. The van der Waals surface area contributed by atoms with Crippen molar-refractivity contribution in [2.24, 2.45) is 5.92 Å². The van der Waals surface area contributed by atoms with E-state index in [9.17, 15) is 18.8 Å². The van der Waals surface area contributed by atoms with Crippen molar-refractivity contribution in [1.82, 2.24) is 0 Å². The lowest BCUT2D eigenvalue weighted by Gasteiger charge is -2.12. The van der Waals surface area contributed by atoms with E-state index in [4.69, 9.17) is 9.84 Å². The first kappa shape index (κ1) is 19.9. The second kappa shape index (κ2) is 9.33. The molecule has 0 aromatic heterocycles. The van der Waals surface area contributed by atoms with Crippen molar-refractivity contribution in [3.05, 3.63) is 59.9 Å². The van der Waals surface area contributed by atoms with Crippen LogP contribution in [0.15, 0.2) is 48.5 Å². The smallest absolute Gasteiger partial charge is 0.330 e. The van der Waals surface area contributed by atoms with Crippen LogP contribution in [-0.2, 0) is 25.7 Å². The third-order valence-corrected chi connectivity index (χ3v) is 3.45. The van der Waals surface area contributed by atoms with Gasteiger partial charge in [-0.3, -0.25) is 14.4 Å². The molecule has 0 fully saturated rings. The Morgan fingerprint density at radius 1 is 1.15 bits per heavy atom. The van der Waals surface area contributed by atoms with Crippen LogP contribution in [0.25, 0.3) is 0 Å². The summed E-state index contributed by atoms with van der Waals surface area (Å²) in [7, 11) is 0. The number of aliphatic carboxylic acids is 1. The number of esters is 1. The van der Waals surface area contributed by atoms with Gasteiger partial charge in [0.2, 0.25) is 11.8 Å². The number of carboxylic acids is 1. The van der Waals surface area contributed by atoms with E-state index in [0.29, 0.717) is 11.3 Å². The molecule has 0 saturated carbocycles. The Morgan fingerprint density at radius 2 is 1.85 bits per heavy atom. The zero-order valence-electron chi connectivity index (χ0n) is 14.5. The Hall–Kier alpha value is -3.42. The Morgan fingerprint density at radius 3 is 2.44 bits per heavy atom. The van der Waals surface area contributed by atoms with Gasteiger partial charge in [0.25, 0.3) is 0 Å². The summed E-state index contributed by atoms with van der Waals surface area (Å²) in [5, 5.41) is 11.4. The fourth-order valence-electron chi connectivity index (χ4n) is 2.19. The minimum Gasteiger partial charge on any atom is -0.489 e. The van der Waals surface area contributed by atoms with Gasteiger partial charge in [-0.05, 0) is 48.9 Å². The predicted molar refractivity (Wildman–Crippen MR) is 93.6 cm³/mol. The van der Waals surface area contributed by atoms with Gasteiger partial charge in [0, 0.05) is 5.69 Å². The maximum absolute atomic E-state index is 13.1. The Balaban J connectivity index is 1.96. The molecule has 2 aromatic carbocycles. The van der Waals surface area contributed by atoms with Crippen LogP contribution < -0.4 is 10.1 Å². The molecular formula is C19H18FNO6. The molecule has 0 heterocycles. The van der Waals surface area contributed by atoms with Gasteiger partial charge in [0.1, 0.15) is 18.2 Å². The van der Waals surface area contributed by atoms with Gasteiger partial charge in [-0.2, -0.15) is 0 Å². The average Bonchev–Trinajstić information content (AvgIpc) is 2.61. The zero-order chi connectivity index (χ0) is 19.8. The summed E-state index contributed by atoms with van der Waals surface area (Å²) in [6, 6.07) is 12.1. The number of carbonyl (C=O) groups is 3. The fraction of sp³-hybridized carbons (Fsp3) is 0.211. The van der Waals surface area contributed by atoms with E-state index in [1.807, 2.05) is 0 Å². The molecule has 0 radical (unpaired) electrons. The number of rotatable bonds is 8. The van der Waals surface area contributed by atoms with E-state index < -0.39 is 23.8 Å². The number of nitrogens with one attached hydrogen (secondary N) is 1. The highest BCUT2D eigenvalue weighted by atomic mass is 19.1. The average molecular weight is 375 g/mol. The van der Waals surface area contributed by atoms with Crippen molar-refractivity contribution in [1.29, 1.82) is 0 Å². The van der Waals surface area contributed by atoms with Gasteiger partial charge in [-0.1, -0.05) is 12.1 Å². The summed E-state index contributed by atoms with van der Waals surface area (Å²) in [6.45, 7) is 1.64. The first-order chi connectivity index (χ1) is 12.9.